The fourth-order valence-electron chi connectivity index (χ4n) is 4.43. The van der Waals surface area contributed by atoms with Crippen LogP contribution in [-0.2, 0) is 14.8 Å². The highest BCUT2D eigenvalue weighted by Crippen LogP contribution is 2.33. The molecule has 0 N–H and O–H groups in total. The summed E-state index contributed by atoms with van der Waals surface area (Å²) in [5, 5.41) is 2.90. The Labute approximate surface area is 196 Å². The van der Waals surface area contributed by atoms with Gasteiger partial charge < -0.3 is 4.90 Å². The van der Waals surface area contributed by atoms with Gasteiger partial charge in [0.25, 0.3) is 10.0 Å². The molecule has 5 rings (SSSR count). The normalized spacial score (nSPS) is 21.2. The highest BCUT2D eigenvalue weighted by atomic mass is 32.2. The van der Waals surface area contributed by atoms with Crippen LogP contribution in [0.5, 0.6) is 0 Å². The Bertz CT molecular complexity index is 1150. The van der Waals surface area contributed by atoms with E-state index in [2.05, 4.69) is 11.0 Å². The summed E-state index contributed by atoms with van der Waals surface area (Å²) in [5.41, 5.74) is 1.03. The molecule has 0 unspecified atom stereocenters. The molecule has 10 heteroatoms. The number of fused-ring (bicyclic) bond motifs is 1. The summed E-state index contributed by atoms with van der Waals surface area (Å²) in [6.07, 6.45) is 2.04. The van der Waals surface area contributed by atoms with E-state index in [0.29, 0.717) is 43.5 Å². The number of likely N-dealkylation sites (tertiary alicyclic amines) is 1. The lowest BCUT2D eigenvalue weighted by atomic mass is 9.98. The quantitative estimate of drug-likeness (QED) is 0.550. The van der Waals surface area contributed by atoms with Gasteiger partial charge in [0.15, 0.2) is 0 Å². The smallest absolute Gasteiger partial charge is 0.252 e. The van der Waals surface area contributed by atoms with Crippen LogP contribution in [0.25, 0.3) is 10.2 Å². The summed E-state index contributed by atoms with van der Waals surface area (Å²) in [6, 6.07) is 11.6. The topological polar surface area (TPSA) is 73.8 Å². The molecule has 1 aromatic carbocycles. The minimum absolute atomic E-state index is 0.130. The number of hydrogen-bond acceptors (Lipinski definition) is 7. The van der Waals surface area contributed by atoms with Crippen molar-refractivity contribution in [2.24, 2.45) is 0 Å². The van der Waals surface area contributed by atoms with Crippen LogP contribution in [0.3, 0.4) is 0 Å². The van der Waals surface area contributed by atoms with Crippen LogP contribution in [0.4, 0.5) is 0 Å². The van der Waals surface area contributed by atoms with Crippen LogP contribution in [-0.4, -0.2) is 79.2 Å². The summed E-state index contributed by atoms with van der Waals surface area (Å²) in [5.74, 6) is 0.420. The molecule has 1 atom stereocenters. The standard InChI is InChI=1S/C22H26N4O3S3/c27-20(16-24-10-12-26(13-11-24)32(28,29)21-8-4-14-30-21)25-9-3-5-17(15-25)22-23-18-6-1-2-7-19(18)31-22/h1-2,4,6-8,14,17H,3,5,9-13,15-16H2/t17-/m0/s1. The number of piperazine rings is 1. The van der Waals surface area contributed by atoms with Gasteiger partial charge in [0.1, 0.15) is 4.21 Å². The molecule has 2 aromatic heterocycles. The number of carbonyl (C=O) groups excluding carboxylic acids is 1. The largest absolute Gasteiger partial charge is 0.341 e. The molecule has 32 heavy (non-hydrogen) atoms. The minimum Gasteiger partial charge on any atom is -0.341 e. The number of amides is 1. The molecule has 2 saturated heterocycles. The van der Waals surface area contributed by atoms with Gasteiger partial charge in [-0.3, -0.25) is 9.69 Å². The molecule has 4 heterocycles. The van der Waals surface area contributed by atoms with Gasteiger partial charge in [-0.25, -0.2) is 13.4 Å². The third kappa shape index (κ3) is 4.47. The average molecular weight is 491 g/mol. The zero-order valence-corrected chi connectivity index (χ0v) is 20.2. The summed E-state index contributed by atoms with van der Waals surface area (Å²) >= 11 is 2.98. The highest BCUT2D eigenvalue weighted by molar-refractivity contribution is 7.91. The van der Waals surface area contributed by atoms with Gasteiger partial charge in [-0.2, -0.15) is 4.31 Å². The van der Waals surface area contributed by atoms with Gasteiger partial charge in [-0.1, -0.05) is 18.2 Å². The number of sulfonamides is 1. The van der Waals surface area contributed by atoms with Crippen LogP contribution in [0, 0.1) is 0 Å². The molecule has 0 radical (unpaired) electrons. The molecule has 2 aliphatic heterocycles. The van der Waals surface area contributed by atoms with Gasteiger partial charge in [0, 0.05) is 45.2 Å². The van der Waals surface area contributed by atoms with Crippen LogP contribution in [0.15, 0.2) is 46.0 Å². The molecule has 2 fully saturated rings. The van der Waals surface area contributed by atoms with E-state index >= 15 is 0 Å². The van der Waals surface area contributed by atoms with Crippen LogP contribution >= 0.6 is 22.7 Å². The Balaban J connectivity index is 1.17. The second-order valence-electron chi connectivity index (χ2n) is 8.31. The first kappa shape index (κ1) is 22.0. The van der Waals surface area contributed by atoms with Gasteiger partial charge in [0.2, 0.25) is 5.91 Å². The van der Waals surface area contributed by atoms with Crippen molar-refractivity contribution in [2.45, 2.75) is 23.0 Å². The summed E-state index contributed by atoms with van der Waals surface area (Å²) in [6.45, 7) is 3.83. The number of nitrogens with zero attached hydrogens (tertiary/aromatic N) is 4. The van der Waals surface area contributed by atoms with Crippen LogP contribution < -0.4 is 0 Å². The molecule has 2 aliphatic rings. The summed E-state index contributed by atoms with van der Waals surface area (Å²) in [7, 11) is -3.42. The van der Waals surface area contributed by atoms with E-state index in [4.69, 9.17) is 4.98 Å². The number of piperidine rings is 1. The first-order valence-corrected chi connectivity index (χ1v) is 14.0. The van der Waals surface area contributed by atoms with Gasteiger partial charge in [0.05, 0.1) is 21.8 Å². The van der Waals surface area contributed by atoms with Gasteiger partial charge in [-0.05, 0) is 36.4 Å². The zero-order valence-electron chi connectivity index (χ0n) is 17.7. The molecule has 0 saturated carbocycles. The van der Waals surface area contributed by atoms with E-state index in [1.807, 2.05) is 23.1 Å². The lowest BCUT2D eigenvalue weighted by Crippen LogP contribution is -2.52. The molecule has 0 spiro atoms. The number of aromatic nitrogens is 1. The Hall–Kier alpha value is -1.85. The van der Waals surface area contributed by atoms with E-state index in [0.717, 1.165) is 29.9 Å². The summed E-state index contributed by atoms with van der Waals surface area (Å²) in [4.78, 5) is 21.9. The highest BCUT2D eigenvalue weighted by Gasteiger charge is 2.32. The second-order valence-corrected chi connectivity index (χ2v) is 12.5. The summed E-state index contributed by atoms with van der Waals surface area (Å²) < 4.78 is 28.5. The second kappa shape index (κ2) is 9.18. The maximum atomic E-state index is 13.0. The number of hydrogen-bond donors (Lipinski definition) is 0. The first-order valence-electron chi connectivity index (χ1n) is 10.9. The lowest BCUT2D eigenvalue weighted by Gasteiger charge is -2.36. The fourth-order valence-corrected chi connectivity index (χ4v) is 8.09. The maximum Gasteiger partial charge on any atom is 0.252 e. The van der Waals surface area contributed by atoms with E-state index < -0.39 is 10.0 Å². The Morgan fingerprint density at radius 1 is 1.06 bits per heavy atom. The Kier molecular flexibility index (Phi) is 6.31. The third-order valence-corrected chi connectivity index (χ3v) is 10.7. The van der Waals surface area contributed by atoms with Crippen LogP contribution in [0.1, 0.15) is 23.8 Å². The number of benzene rings is 1. The van der Waals surface area contributed by atoms with Crippen molar-refractivity contribution in [3.63, 3.8) is 0 Å². The number of para-hydroxylation sites is 1. The van der Waals surface area contributed by atoms with E-state index in [-0.39, 0.29) is 11.8 Å². The van der Waals surface area contributed by atoms with Gasteiger partial charge in [-0.15, -0.1) is 22.7 Å². The Morgan fingerprint density at radius 2 is 1.88 bits per heavy atom. The molecule has 3 aromatic rings. The molecule has 170 valence electrons. The van der Waals surface area contributed by atoms with E-state index in [1.54, 1.807) is 28.8 Å². The van der Waals surface area contributed by atoms with Crippen LogP contribution in [0.2, 0.25) is 0 Å². The first-order chi connectivity index (χ1) is 15.5. The maximum absolute atomic E-state index is 13.0. The predicted octanol–water partition coefficient (Wildman–Crippen LogP) is 3.07. The van der Waals surface area contributed by atoms with Crippen molar-refractivity contribution in [3.8, 4) is 0 Å². The monoisotopic (exact) mass is 490 g/mol. The SMILES string of the molecule is O=C(CN1CCN(S(=O)(=O)c2cccs2)CC1)N1CCC[C@H](c2nc3ccccc3s2)C1. The van der Waals surface area contributed by atoms with Crippen molar-refractivity contribution in [2.75, 3.05) is 45.8 Å². The molecule has 0 aliphatic carbocycles. The van der Waals surface area contributed by atoms with Crippen molar-refractivity contribution in [1.82, 2.24) is 19.1 Å². The minimum atomic E-state index is -3.42. The number of thiazole rings is 1. The zero-order chi connectivity index (χ0) is 22.1. The van der Waals surface area contributed by atoms with Crippen molar-refractivity contribution < 1.29 is 13.2 Å². The van der Waals surface area contributed by atoms with Crippen molar-refractivity contribution >= 4 is 48.8 Å². The van der Waals surface area contributed by atoms with E-state index in [1.165, 1.54) is 20.3 Å². The van der Waals surface area contributed by atoms with Crippen molar-refractivity contribution in [3.05, 3.63) is 46.8 Å². The molecular formula is C22H26N4O3S3. The fraction of sp³-hybridized carbons (Fsp3) is 0.455. The lowest BCUT2D eigenvalue weighted by molar-refractivity contribution is -0.133. The Morgan fingerprint density at radius 3 is 2.62 bits per heavy atom. The molecule has 0 bridgehead atoms. The molecular weight excluding hydrogens is 464 g/mol. The number of carbonyl (C=O) groups is 1. The third-order valence-electron chi connectivity index (χ3n) is 6.21. The van der Waals surface area contributed by atoms with E-state index in [9.17, 15) is 13.2 Å². The van der Waals surface area contributed by atoms with Gasteiger partial charge >= 0.3 is 0 Å². The predicted molar refractivity (Wildman–Crippen MR) is 128 cm³/mol. The number of rotatable bonds is 5. The number of thiophene rings is 1. The molecule has 1 amide bonds. The molecule has 7 nitrogen and oxygen atoms in total. The van der Waals surface area contributed by atoms with Crippen molar-refractivity contribution in [1.29, 1.82) is 0 Å². The average Bonchev–Trinajstić information content (AvgIpc) is 3.50.